The van der Waals surface area contributed by atoms with Crippen molar-refractivity contribution < 1.29 is 27.8 Å². The molecule has 0 bridgehead atoms. The first-order valence-corrected chi connectivity index (χ1v) is 13.8. The lowest BCUT2D eigenvalue weighted by atomic mass is 9.97. The summed E-state index contributed by atoms with van der Waals surface area (Å²) < 4.78 is 34.1. The van der Waals surface area contributed by atoms with Crippen LogP contribution in [0.3, 0.4) is 0 Å². The number of pyridine rings is 2. The molecule has 0 radical (unpaired) electrons. The number of esters is 1. The lowest BCUT2D eigenvalue weighted by Crippen LogP contribution is -2.41. The Morgan fingerprint density at radius 2 is 2.00 bits per heavy atom. The Balaban J connectivity index is 1.92. The number of carbonyl (C=O) groups is 2. The van der Waals surface area contributed by atoms with Gasteiger partial charge in [-0.15, -0.1) is 0 Å². The molecule has 1 amide bonds. The first-order chi connectivity index (χ1) is 19.0. The fourth-order valence-electron chi connectivity index (χ4n) is 5.13. The molecule has 3 N–H and O–H groups in total. The van der Waals surface area contributed by atoms with E-state index in [-0.39, 0.29) is 29.3 Å². The summed E-state index contributed by atoms with van der Waals surface area (Å²) in [6.07, 6.45) is 2.46. The Morgan fingerprint density at radius 1 is 1.25 bits per heavy atom. The molecule has 3 heterocycles. The molecule has 1 aliphatic rings. The monoisotopic (exact) mass is 567 g/mol. The maximum atomic E-state index is 14.1. The zero-order valence-electron chi connectivity index (χ0n) is 23.1. The number of aromatic nitrogens is 2. The summed E-state index contributed by atoms with van der Waals surface area (Å²) in [5.74, 6) is -0.159. The van der Waals surface area contributed by atoms with Gasteiger partial charge in [0.15, 0.2) is 5.82 Å². The largest absolute Gasteiger partial charge is 0.496 e. The van der Waals surface area contributed by atoms with Crippen molar-refractivity contribution in [2.24, 2.45) is 5.92 Å². The van der Waals surface area contributed by atoms with Crippen LogP contribution in [0.15, 0.2) is 48.7 Å². The van der Waals surface area contributed by atoms with Gasteiger partial charge in [-0.2, -0.15) is 4.31 Å². The molecule has 2 atom stereocenters. The molecule has 4 rings (SSSR count). The second kappa shape index (κ2) is 11.6. The third-order valence-corrected chi connectivity index (χ3v) is 7.42. The molecule has 12 heteroatoms. The zero-order valence-corrected chi connectivity index (χ0v) is 23.9. The fraction of sp³-hybridized carbons (Fsp3) is 0.357. The summed E-state index contributed by atoms with van der Waals surface area (Å²) in [6, 6.07) is 10.9. The van der Waals surface area contributed by atoms with Crippen molar-refractivity contribution in [3.05, 3.63) is 59.8 Å². The highest BCUT2D eigenvalue weighted by molar-refractivity contribution is 7.81. The van der Waals surface area contributed by atoms with Crippen LogP contribution in [-0.2, 0) is 16.0 Å². The van der Waals surface area contributed by atoms with E-state index in [0.717, 1.165) is 6.42 Å². The van der Waals surface area contributed by atoms with E-state index in [2.05, 4.69) is 25.8 Å². The number of anilines is 3. The number of nitrogen functional groups attached to an aromatic ring is 1. The standard InChI is InChI=1S/C28H33N5O6S/c1-6-39-27(35)18-10-11-22(38-5)20(12-18)19-13-21(25(30-15-19)32-16-17(2)14-28(32,3)4)26(34)33(40(36)37)24-9-7-8-23(29)31-24/h7-13,15,17H,6,14,16H2,1-5H3,(H2,29,31)(H,36,37). The quantitative estimate of drug-likeness (QED) is 0.298. The first kappa shape index (κ1) is 29.0. The number of hydrogen-bond acceptors (Lipinski definition) is 9. The van der Waals surface area contributed by atoms with E-state index < -0.39 is 23.1 Å². The Kier molecular flexibility index (Phi) is 8.40. The molecule has 1 saturated heterocycles. The van der Waals surface area contributed by atoms with Crippen molar-refractivity contribution in [3.8, 4) is 16.9 Å². The van der Waals surface area contributed by atoms with Gasteiger partial charge in [0.05, 0.1) is 24.8 Å². The number of nitrogens with two attached hydrogens (primary N) is 1. The molecule has 3 aromatic rings. The Hall–Kier alpha value is -4.03. The molecular weight excluding hydrogens is 534 g/mol. The smallest absolute Gasteiger partial charge is 0.338 e. The van der Waals surface area contributed by atoms with E-state index in [0.29, 0.717) is 45.0 Å². The van der Waals surface area contributed by atoms with E-state index in [1.807, 2.05) is 4.90 Å². The lowest BCUT2D eigenvalue weighted by molar-refractivity contribution is 0.0526. The topological polar surface area (TPSA) is 148 Å². The molecule has 40 heavy (non-hydrogen) atoms. The van der Waals surface area contributed by atoms with Gasteiger partial charge >= 0.3 is 5.97 Å². The van der Waals surface area contributed by atoms with Crippen LogP contribution in [0, 0.1) is 5.92 Å². The van der Waals surface area contributed by atoms with Gasteiger partial charge in [0, 0.05) is 29.4 Å². The van der Waals surface area contributed by atoms with Crippen molar-refractivity contribution >= 4 is 40.6 Å². The zero-order chi connectivity index (χ0) is 29.2. The molecule has 2 unspecified atom stereocenters. The second-order valence-corrected chi connectivity index (χ2v) is 11.0. The van der Waals surface area contributed by atoms with Gasteiger partial charge in [0.1, 0.15) is 17.4 Å². The molecule has 1 aromatic carbocycles. The van der Waals surface area contributed by atoms with Gasteiger partial charge < -0.3 is 20.1 Å². The van der Waals surface area contributed by atoms with Crippen LogP contribution in [0.25, 0.3) is 11.1 Å². The number of nitrogens with zero attached hydrogens (tertiary/aromatic N) is 4. The summed E-state index contributed by atoms with van der Waals surface area (Å²) in [5, 5.41) is 0. The molecule has 0 saturated carbocycles. The van der Waals surface area contributed by atoms with Crippen LogP contribution < -0.4 is 19.7 Å². The molecule has 0 aliphatic carbocycles. The number of methoxy groups -OCH3 is 1. The number of ether oxygens (including phenoxy) is 2. The van der Waals surface area contributed by atoms with E-state index in [4.69, 9.17) is 20.2 Å². The maximum Gasteiger partial charge on any atom is 0.338 e. The van der Waals surface area contributed by atoms with Crippen LogP contribution in [-0.4, -0.2) is 56.4 Å². The SMILES string of the molecule is CCOC(=O)c1ccc(OC)c(-c2cnc(N3CC(C)CC3(C)C)c(C(=O)N(c3cccc(N)n3)S(=O)O)c2)c1. The fourth-order valence-corrected chi connectivity index (χ4v) is 5.63. The van der Waals surface area contributed by atoms with Gasteiger partial charge in [-0.05, 0) is 69.5 Å². The Morgan fingerprint density at radius 3 is 2.60 bits per heavy atom. The van der Waals surface area contributed by atoms with Gasteiger partial charge in [0.2, 0.25) is 0 Å². The number of benzene rings is 1. The minimum absolute atomic E-state index is 0.0786. The molecule has 0 spiro atoms. The summed E-state index contributed by atoms with van der Waals surface area (Å²) in [4.78, 5) is 37.4. The summed E-state index contributed by atoms with van der Waals surface area (Å²) in [7, 11) is 1.49. The summed E-state index contributed by atoms with van der Waals surface area (Å²) >= 11 is -2.76. The normalized spacial score (nSPS) is 16.9. The van der Waals surface area contributed by atoms with E-state index >= 15 is 0 Å². The predicted molar refractivity (Wildman–Crippen MR) is 154 cm³/mol. The number of hydrogen-bond donors (Lipinski definition) is 2. The van der Waals surface area contributed by atoms with Crippen molar-refractivity contribution in [1.29, 1.82) is 0 Å². The van der Waals surface area contributed by atoms with Gasteiger partial charge in [-0.25, -0.2) is 19.0 Å². The number of carbonyl (C=O) groups excluding carboxylic acids is 2. The minimum atomic E-state index is -2.76. The first-order valence-electron chi connectivity index (χ1n) is 12.8. The van der Waals surface area contributed by atoms with Crippen LogP contribution in [0.5, 0.6) is 5.75 Å². The molecule has 1 aliphatic heterocycles. The third kappa shape index (κ3) is 5.77. The highest BCUT2D eigenvalue weighted by Gasteiger charge is 2.40. The van der Waals surface area contributed by atoms with Crippen molar-refractivity contribution in [1.82, 2.24) is 9.97 Å². The highest BCUT2D eigenvalue weighted by Crippen LogP contribution is 2.40. The van der Waals surface area contributed by atoms with Gasteiger partial charge in [-0.1, -0.05) is 13.0 Å². The van der Waals surface area contributed by atoms with E-state index in [1.165, 1.54) is 25.3 Å². The summed E-state index contributed by atoms with van der Waals surface area (Å²) in [6.45, 7) is 8.82. The third-order valence-electron chi connectivity index (χ3n) is 6.75. The summed E-state index contributed by atoms with van der Waals surface area (Å²) in [5.41, 5.74) is 6.81. The average molecular weight is 568 g/mol. The molecule has 2 aromatic heterocycles. The van der Waals surface area contributed by atoms with Gasteiger partial charge in [-0.3, -0.25) is 9.35 Å². The van der Waals surface area contributed by atoms with E-state index in [1.54, 1.807) is 37.4 Å². The maximum absolute atomic E-state index is 14.1. The lowest BCUT2D eigenvalue weighted by Gasteiger charge is -2.34. The molecule has 11 nitrogen and oxygen atoms in total. The van der Waals surface area contributed by atoms with E-state index in [9.17, 15) is 18.4 Å². The average Bonchev–Trinajstić information content (AvgIpc) is 3.19. The van der Waals surface area contributed by atoms with Crippen molar-refractivity contribution in [2.45, 2.75) is 39.7 Å². The Labute approximate surface area is 235 Å². The predicted octanol–water partition coefficient (Wildman–Crippen LogP) is 4.32. The van der Waals surface area contributed by atoms with Crippen LogP contribution in [0.1, 0.15) is 54.8 Å². The van der Waals surface area contributed by atoms with Crippen LogP contribution >= 0.6 is 0 Å². The number of amides is 1. The second-order valence-electron chi connectivity index (χ2n) is 10.2. The van der Waals surface area contributed by atoms with Crippen LogP contribution in [0.4, 0.5) is 17.5 Å². The Bertz CT molecular complexity index is 1460. The van der Waals surface area contributed by atoms with Crippen molar-refractivity contribution in [3.63, 3.8) is 0 Å². The molecular formula is C28H33N5O6S. The van der Waals surface area contributed by atoms with Gasteiger partial charge in [0.25, 0.3) is 17.2 Å². The minimum Gasteiger partial charge on any atom is -0.496 e. The molecule has 212 valence electrons. The molecule has 1 fully saturated rings. The number of rotatable bonds is 8. The van der Waals surface area contributed by atoms with Crippen molar-refractivity contribution in [2.75, 3.05) is 35.2 Å². The highest BCUT2D eigenvalue weighted by atomic mass is 32.2. The van der Waals surface area contributed by atoms with Crippen LogP contribution in [0.2, 0.25) is 0 Å².